The van der Waals surface area contributed by atoms with Gasteiger partial charge in [0.2, 0.25) is 0 Å². The summed E-state index contributed by atoms with van der Waals surface area (Å²) in [5.41, 5.74) is 1.94. The van der Waals surface area contributed by atoms with Gasteiger partial charge in [-0.2, -0.15) is 4.99 Å². The van der Waals surface area contributed by atoms with Gasteiger partial charge in [-0.25, -0.2) is 4.79 Å². The molecule has 1 heterocycles. The Bertz CT molecular complexity index is 943. The Balaban J connectivity index is 2.12. The van der Waals surface area contributed by atoms with Crippen molar-refractivity contribution in [1.82, 2.24) is 5.32 Å². The van der Waals surface area contributed by atoms with Crippen molar-refractivity contribution in [1.29, 1.82) is 0 Å². The molecule has 2 unspecified atom stereocenters. The summed E-state index contributed by atoms with van der Waals surface area (Å²) >= 11 is 3.57. The van der Waals surface area contributed by atoms with E-state index in [1.807, 2.05) is 50.2 Å². The van der Waals surface area contributed by atoms with Crippen molar-refractivity contribution < 1.29 is 19.1 Å². The number of nitrogens with one attached hydrogen (secondary N) is 1. The largest absolute Gasteiger partial charge is 0.490 e. The summed E-state index contributed by atoms with van der Waals surface area (Å²) < 4.78 is 12.1. The smallest absolute Gasteiger partial charge is 0.341 e. The van der Waals surface area contributed by atoms with E-state index in [9.17, 15) is 9.59 Å². The summed E-state index contributed by atoms with van der Waals surface area (Å²) in [6.07, 6.45) is 0. The van der Waals surface area contributed by atoms with Crippen molar-refractivity contribution in [2.24, 2.45) is 10.9 Å². The zero-order chi connectivity index (χ0) is 21.0. The molecule has 7 heteroatoms. The SMILES string of the molecule is CCOc1cc(Br)c(C2NC(=O)N=C(c3ccccc3)C2C(C)=O)cc1OCC. The second-order valence-electron chi connectivity index (χ2n) is 6.57. The molecule has 2 aromatic carbocycles. The van der Waals surface area contributed by atoms with Gasteiger partial charge in [0.1, 0.15) is 5.78 Å². The van der Waals surface area contributed by atoms with Crippen LogP contribution in [0.15, 0.2) is 51.9 Å². The summed E-state index contributed by atoms with van der Waals surface area (Å²) in [6.45, 7) is 6.25. The Morgan fingerprint density at radius 2 is 1.72 bits per heavy atom. The molecule has 0 bridgehead atoms. The van der Waals surface area contributed by atoms with Crippen LogP contribution >= 0.6 is 15.9 Å². The third kappa shape index (κ3) is 4.50. The van der Waals surface area contributed by atoms with Crippen molar-refractivity contribution in [2.75, 3.05) is 13.2 Å². The van der Waals surface area contributed by atoms with Crippen LogP contribution in [-0.2, 0) is 4.79 Å². The molecule has 0 aromatic heterocycles. The Morgan fingerprint density at radius 3 is 2.31 bits per heavy atom. The standard InChI is InChI=1S/C22H23BrN2O4/c1-4-28-17-11-15(16(23)12-18(17)29-5-2)21-19(13(3)26)20(24-22(27)25-21)14-9-7-6-8-10-14/h6-12,19,21H,4-5H2,1-3H3,(H,25,27). The minimum absolute atomic E-state index is 0.0867. The van der Waals surface area contributed by atoms with Gasteiger partial charge in [0.25, 0.3) is 0 Å². The third-order valence-corrected chi connectivity index (χ3v) is 5.32. The number of hydrogen-bond acceptors (Lipinski definition) is 4. The number of carbonyl (C=O) groups excluding carboxylic acids is 2. The van der Waals surface area contributed by atoms with Crippen molar-refractivity contribution in [2.45, 2.75) is 26.8 Å². The number of ether oxygens (including phenoxy) is 2. The van der Waals surface area contributed by atoms with Crippen LogP contribution < -0.4 is 14.8 Å². The van der Waals surface area contributed by atoms with Gasteiger partial charge in [-0.05, 0) is 44.0 Å². The fourth-order valence-corrected chi connectivity index (χ4v) is 4.02. The fraction of sp³-hybridized carbons (Fsp3) is 0.318. The van der Waals surface area contributed by atoms with Crippen LogP contribution in [0.3, 0.4) is 0 Å². The number of halogens is 1. The summed E-state index contributed by atoms with van der Waals surface area (Å²) in [7, 11) is 0. The lowest BCUT2D eigenvalue weighted by Gasteiger charge is -2.32. The second-order valence-corrected chi connectivity index (χ2v) is 7.42. The van der Waals surface area contributed by atoms with Crippen molar-refractivity contribution in [3.63, 3.8) is 0 Å². The molecule has 2 amide bonds. The molecule has 3 rings (SSSR count). The van der Waals surface area contributed by atoms with E-state index in [1.54, 1.807) is 6.07 Å². The molecule has 0 saturated heterocycles. The molecule has 1 N–H and O–H groups in total. The van der Waals surface area contributed by atoms with Crippen LogP contribution in [0, 0.1) is 5.92 Å². The topological polar surface area (TPSA) is 77.0 Å². The Kier molecular flexibility index (Phi) is 6.69. The number of aliphatic imine (C=N–C) groups is 1. The number of carbonyl (C=O) groups is 2. The average molecular weight is 459 g/mol. The second kappa shape index (κ2) is 9.22. The number of amides is 2. The maximum Gasteiger partial charge on any atom is 0.341 e. The van der Waals surface area contributed by atoms with E-state index >= 15 is 0 Å². The normalized spacial score (nSPS) is 18.6. The lowest BCUT2D eigenvalue weighted by atomic mass is 9.82. The molecule has 0 aliphatic carbocycles. The van der Waals surface area contributed by atoms with E-state index in [0.717, 1.165) is 15.6 Å². The minimum atomic E-state index is -0.626. The van der Waals surface area contributed by atoms with Gasteiger partial charge >= 0.3 is 6.03 Å². The molecule has 6 nitrogen and oxygen atoms in total. The van der Waals surface area contributed by atoms with E-state index in [4.69, 9.17) is 9.47 Å². The number of ketones is 1. The van der Waals surface area contributed by atoms with Gasteiger partial charge in [0.05, 0.1) is 30.9 Å². The number of rotatable bonds is 7. The highest BCUT2D eigenvalue weighted by Gasteiger charge is 2.38. The Hall–Kier alpha value is -2.67. The van der Waals surface area contributed by atoms with Gasteiger partial charge in [-0.15, -0.1) is 0 Å². The van der Waals surface area contributed by atoms with Crippen molar-refractivity contribution >= 4 is 33.5 Å². The van der Waals surface area contributed by atoms with Crippen LogP contribution in [0.1, 0.15) is 37.9 Å². The summed E-state index contributed by atoms with van der Waals surface area (Å²) in [4.78, 5) is 29.2. The maximum atomic E-state index is 12.7. The molecule has 0 fully saturated rings. The van der Waals surface area contributed by atoms with Gasteiger partial charge in [0, 0.05) is 4.47 Å². The molecule has 0 radical (unpaired) electrons. The minimum Gasteiger partial charge on any atom is -0.490 e. The van der Waals surface area contributed by atoms with Crippen LogP contribution in [0.2, 0.25) is 0 Å². The summed E-state index contributed by atoms with van der Waals surface area (Å²) in [5.74, 6) is 0.450. The molecule has 1 aliphatic heterocycles. The highest BCUT2D eigenvalue weighted by Crippen LogP contribution is 2.40. The molecule has 1 aliphatic rings. The number of nitrogens with zero attached hydrogens (tertiary/aromatic N) is 1. The van der Waals surface area contributed by atoms with Crippen molar-refractivity contribution in [3.8, 4) is 11.5 Å². The van der Waals surface area contributed by atoms with E-state index in [-0.39, 0.29) is 5.78 Å². The van der Waals surface area contributed by atoms with Crippen LogP contribution in [0.25, 0.3) is 0 Å². The predicted octanol–water partition coefficient (Wildman–Crippen LogP) is 4.71. The van der Waals surface area contributed by atoms with Gasteiger partial charge in [-0.3, -0.25) is 4.79 Å². The molecule has 2 aromatic rings. The number of hydrogen-bond donors (Lipinski definition) is 1. The number of Topliss-reactive ketones (excluding diaryl/α,β-unsaturated/α-hetero) is 1. The first-order valence-electron chi connectivity index (χ1n) is 9.50. The first-order chi connectivity index (χ1) is 14.0. The summed E-state index contributed by atoms with van der Waals surface area (Å²) in [5, 5.41) is 2.85. The lowest BCUT2D eigenvalue weighted by Crippen LogP contribution is -2.44. The lowest BCUT2D eigenvalue weighted by molar-refractivity contribution is -0.119. The Labute approximate surface area is 178 Å². The van der Waals surface area contributed by atoms with Crippen LogP contribution in [-0.4, -0.2) is 30.7 Å². The van der Waals surface area contributed by atoms with E-state index < -0.39 is 18.0 Å². The number of benzene rings is 2. The predicted molar refractivity (Wildman–Crippen MR) is 115 cm³/mol. The highest BCUT2D eigenvalue weighted by atomic mass is 79.9. The van der Waals surface area contributed by atoms with Gasteiger partial charge < -0.3 is 14.8 Å². The monoisotopic (exact) mass is 458 g/mol. The van der Waals surface area contributed by atoms with Crippen LogP contribution in [0.5, 0.6) is 11.5 Å². The first kappa shape index (κ1) is 21.0. The zero-order valence-corrected chi connectivity index (χ0v) is 18.2. The average Bonchev–Trinajstić information content (AvgIpc) is 2.70. The zero-order valence-electron chi connectivity index (χ0n) is 16.6. The molecular formula is C22H23BrN2O4. The summed E-state index contributed by atoms with van der Waals surface area (Å²) in [6, 6.07) is 11.8. The van der Waals surface area contributed by atoms with Gasteiger partial charge in [-0.1, -0.05) is 46.3 Å². The van der Waals surface area contributed by atoms with E-state index in [0.29, 0.717) is 30.4 Å². The molecule has 0 saturated carbocycles. The third-order valence-electron chi connectivity index (χ3n) is 4.63. The van der Waals surface area contributed by atoms with E-state index in [2.05, 4.69) is 26.2 Å². The maximum absolute atomic E-state index is 12.7. The Morgan fingerprint density at radius 1 is 1.10 bits per heavy atom. The van der Waals surface area contributed by atoms with Gasteiger partial charge in [0.15, 0.2) is 11.5 Å². The quantitative estimate of drug-likeness (QED) is 0.651. The first-order valence-corrected chi connectivity index (χ1v) is 10.3. The molecule has 152 valence electrons. The molecule has 29 heavy (non-hydrogen) atoms. The molecule has 0 spiro atoms. The number of urea groups is 1. The van der Waals surface area contributed by atoms with Crippen LogP contribution in [0.4, 0.5) is 4.79 Å². The fourth-order valence-electron chi connectivity index (χ4n) is 3.45. The molecular weight excluding hydrogens is 436 g/mol. The van der Waals surface area contributed by atoms with E-state index in [1.165, 1.54) is 6.92 Å². The molecule has 2 atom stereocenters. The van der Waals surface area contributed by atoms with Crippen molar-refractivity contribution in [3.05, 3.63) is 58.1 Å². The highest BCUT2D eigenvalue weighted by molar-refractivity contribution is 9.10.